The van der Waals surface area contributed by atoms with Crippen molar-refractivity contribution in [1.82, 2.24) is 15.0 Å². The second kappa shape index (κ2) is 8.21. The molecule has 0 aliphatic rings. The van der Waals surface area contributed by atoms with Crippen molar-refractivity contribution in [3.63, 3.8) is 0 Å². The van der Waals surface area contributed by atoms with Gasteiger partial charge in [0, 0.05) is 18.0 Å². The minimum absolute atomic E-state index is 0.378. The molecular weight excluding hydrogens is 337 g/mol. The first-order valence-corrected chi connectivity index (χ1v) is 8.07. The third-order valence-corrected chi connectivity index (χ3v) is 3.47. The zero-order chi connectivity index (χ0) is 18.4. The summed E-state index contributed by atoms with van der Waals surface area (Å²) in [5, 5.41) is 13.3. The monoisotopic (exact) mass is 355 g/mol. The van der Waals surface area contributed by atoms with E-state index in [1.165, 1.54) is 18.2 Å². The lowest BCUT2D eigenvalue weighted by Gasteiger charge is -2.08. The Morgan fingerprint density at radius 3 is 2.65 bits per heavy atom. The highest BCUT2D eigenvalue weighted by atomic mass is 19.1. The van der Waals surface area contributed by atoms with E-state index in [-0.39, 0.29) is 0 Å². The summed E-state index contributed by atoms with van der Waals surface area (Å²) in [5.41, 5.74) is 2.51. The van der Waals surface area contributed by atoms with E-state index in [4.69, 9.17) is 4.74 Å². The number of nitrogens with one attached hydrogen (secondary N) is 2. The molecule has 26 heavy (non-hydrogen) atoms. The second-order valence-electron chi connectivity index (χ2n) is 5.43. The van der Waals surface area contributed by atoms with Crippen molar-refractivity contribution in [2.45, 2.75) is 13.5 Å². The predicted octanol–water partition coefficient (Wildman–Crippen LogP) is 3.59. The molecule has 3 rings (SSSR count). The Morgan fingerprint density at radius 1 is 1.15 bits per heavy atom. The third-order valence-electron chi connectivity index (χ3n) is 3.47. The zero-order valence-corrected chi connectivity index (χ0v) is 14.1. The van der Waals surface area contributed by atoms with Crippen LogP contribution in [0.2, 0.25) is 0 Å². The summed E-state index contributed by atoms with van der Waals surface area (Å²) in [5.74, 6) is -0.413. The summed E-state index contributed by atoms with van der Waals surface area (Å²) in [6.07, 6.45) is 1.79. The summed E-state index contributed by atoms with van der Waals surface area (Å²) in [4.78, 5) is 12.0. The minimum Gasteiger partial charge on any atom is -0.375 e. The van der Waals surface area contributed by atoms with Crippen LogP contribution in [-0.2, 0) is 11.3 Å². The highest BCUT2D eigenvalue weighted by Gasteiger charge is 2.06. The van der Waals surface area contributed by atoms with E-state index in [1.807, 2.05) is 6.92 Å². The van der Waals surface area contributed by atoms with Crippen LogP contribution in [0.15, 0.2) is 54.7 Å². The van der Waals surface area contributed by atoms with Gasteiger partial charge in [0.2, 0.25) is 0 Å². The number of carbonyl (C=O) groups excluding carboxylic acids is 1. The van der Waals surface area contributed by atoms with Gasteiger partial charge >= 0.3 is 6.03 Å². The smallest absolute Gasteiger partial charge is 0.323 e. The molecule has 1 aromatic heterocycles. The first-order chi connectivity index (χ1) is 12.6. The maximum atomic E-state index is 13.1. The fourth-order valence-corrected chi connectivity index (χ4v) is 2.25. The summed E-state index contributed by atoms with van der Waals surface area (Å²) in [6, 6.07) is 12.3. The summed E-state index contributed by atoms with van der Waals surface area (Å²) in [7, 11) is 0. The Balaban J connectivity index is 1.60. The van der Waals surface area contributed by atoms with Gasteiger partial charge in [-0.05, 0) is 49.4 Å². The van der Waals surface area contributed by atoms with Gasteiger partial charge in [0.15, 0.2) is 0 Å². The molecule has 2 amide bonds. The zero-order valence-electron chi connectivity index (χ0n) is 14.1. The van der Waals surface area contributed by atoms with E-state index in [9.17, 15) is 9.18 Å². The first-order valence-electron chi connectivity index (χ1n) is 8.07. The molecule has 1 heterocycles. The Hall–Kier alpha value is -3.26. The molecule has 2 N–H and O–H groups in total. The third kappa shape index (κ3) is 4.64. The average Bonchev–Trinajstić information content (AvgIpc) is 3.09. The van der Waals surface area contributed by atoms with Crippen molar-refractivity contribution < 1.29 is 13.9 Å². The number of nitrogens with zero attached hydrogens (tertiary/aromatic N) is 3. The molecule has 134 valence electrons. The number of anilines is 2. The van der Waals surface area contributed by atoms with E-state index in [0.29, 0.717) is 24.6 Å². The molecule has 0 atom stereocenters. The number of aromatic nitrogens is 3. The van der Waals surface area contributed by atoms with Crippen LogP contribution in [0.1, 0.15) is 12.6 Å². The number of amides is 2. The molecule has 0 spiro atoms. The lowest BCUT2D eigenvalue weighted by atomic mass is 10.3. The van der Waals surface area contributed by atoms with Crippen molar-refractivity contribution >= 4 is 17.4 Å². The number of urea groups is 1. The van der Waals surface area contributed by atoms with Crippen LogP contribution in [0.25, 0.3) is 5.69 Å². The Labute approximate surface area is 149 Å². The van der Waals surface area contributed by atoms with Crippen LogP contribution in [0.5, 0.6) is 0 Å². The van der Waals surface area contributed by atoms with Crippen LogP contribution >= 0.6 is 0 Å². The van der Waals surface area contributed by atoms with Crippen LogP contribution < -0.4 is 10.6 Å². The molecule has 2 aromatic carbocycles. The number of ether oxygens (including phenoxy) is 1. The Kier molecular flexibility index (Phi) is 5.55. The molecule has 3 aromatic rings. The lowest BCUT2D eigenvalue weighted by Crippen LogP contribution is -2.19. The van der Waals surface area contributed by atoms with Gasteiger partial charge in [0.25, 0.3) is 0 Å². The molecule has 0 saturated carbocycles. The van der Waals surface area contributed by atoms with Gasteiger partial charge in [-0.1, -0.05) is 11.3 Å². The Bertz CT molecular complexity index is 879. The molecule has 0 aliphatic carbocycles. The van der Waals surface area contributed by atoms with Gasteiger partial charge in [-0.3, -0.25) is 0 Å². The van der Waals surface area contributed by atoms with Crippen molar-refractivity contribution in [3.8, 4) is 5.69 Å². The molecule has 0 saturated heterocycles. The maximum absolute atomic E-state index is 13.1. The van der Waals surface area contributed by atoms with E-state index < -0.39 is 11.8 Å². The fraction of sp³-hybridized carbons (Fsp3) is 0.167. The number of hydrogen-bond acceptors (Lipinski definition) is 4. The standard InChI is InChI=1S/C18H18FN5O2/c1-2-26-12-16-11-24(23-22-16)17-8-6-14(7-9-17)20-18(25)21-15-5-3-4-13(19)10-15/h3-11H,2,12H2,1H3,(H2,20,21,25). The fourth-order valence-electron chi connectivity index (χ4n) is 2.25. The van der Waals surface area contributed by atoms with Crippen molar-refractivity contribution in [1.29, 1.82) is 0 Å². The quantitative estimate of drug-likeness (QED) is 0.708. The highest BCUT2D eigenvalue weighted by Crippen LogP contribution is 2.14. The van der Waals surface area contributed by atoms with Gasteiger partial charge in [-0.25, -0.2) is 13.9 Å². The van der Waals surface area contributed by atoms with Crippen LogP contribution in [-0.4, -0.2) is 27.6 Å². The van der Waals surface area contributed by atoms with E-state index >= 15 is 0 Å². The van der Waals surface area contributed by atoms with E-state index in [0.717, 1.165) is 11.4 Å². The molecule has 0 radical (unpaired) electrons. The van der Waals surface area contributed by atoms with Crippen molar-refractivity contribution in [2.75, 3.05) is 17.2 Å². The van der Waals surface area contributed by atoms with Crippen molar-refractivity contribution in [2.24, 2.45) is 0 Å². The summed E-state index contributed by atoms with van der Waals surface area (Å²) in [6.45, 7) is 2.95. The number of hydrogen-bond donors (Lipinski definition) is 2. The summed E-state index contributed by atoms with van der Waals surface area (Å²) >= 11 is 0. The van der Waals surface area contributed by atoms with Crippen molar-refractivity contribution in [3.05, 3.63) is 66.2 Å². The van der Waals surface area contributed by atoms with Crippen LogP contribution in [0, 0.1) is 5.82 Å². The molecule has 0 aliphatic heterocycles. The topological polar surface area (TPSA) is 81.1 Å². The number of halogens is 1. The highest BCUT2D eigenvalue weighted by molar-refractivity contribution is 5.99. The molecule has 0 fully saturated rings. The van der Waals surface area contributed by atoms with Crippen LogP contribution in [0.3, 0.4) is 0 Å². The second-order valence-corrected chi connectivity index (χ2v) is 5.43. The molecular formula is C18H18FN5O2. The Morgan fingerprint density at radius 2 is 1.92 bits per heavy atom. The van der Waals surface area contributed by atoms with Gasteiger partial charge in [-0.2, -0.15) is 0 Å². The van der Waals surface area contributed by atoms with E-state index in [2.05, 4.69) is 20.9 Å². The molecule has 0 unspecified atom stereocenters. The van der Waals surface area contributed by atoms with Crippen LogP contribution in [0.4, 0.5) is 20.6 Å². The minimum atomic E-state index is -0.455. The largest absolute Gasteiger partial charge is 0.375 e. The maximum Gasteiger partial charge on any atom is 0.323 e. The summed E-state index contributed by atoms with van der Waals surface area (Å²) < 4.78 is 20.1. The molecule has 8 heteroatoms. The molecule has 7 nitrogen and oxygen atoms in total. The normalized spacial score (nSPS) is 10.5. The number of rotatable bonds is 6. The SMILES string of the molecule is CCOCc1cn(-c2ccc(NC(=O)Nc3cccc(F)c3)cc2)nn1. The van der Waals surface area contributed by atoms with Gasteiger partial charge in [0.05, 0.1) is 18.5 Å². The first kappa shape index (κ1) is 17.6. The number of carbonyl (C=O) groups is 1. The number of benzene rings is 2. The predicted molar refractivity (Wildman–Crippen MR) is 95.7 cm³/mol. The van der Waals surface area contributed by atoms with Gasteiger partial charge in [-0.15, -0.1) is 5.10 Å². The van der Waals surface area contributed by atoms with Gasteiger partial charge < -0.3 is 15.4 Å². The van der Waals surface area contributed by atoms with Gasteiger partial charge in [0.1, 0.15) is 11.5 Å². The lowest BCUT2D eigenvalue weighted by molar-refractivity contribution is 0.131. The molecule has 0 bridgehead atoms. The average molecular weight is 355 g/mol. The van der Waals surface area contributed by atoms with E-state index in [1.54, 1.807) is 41.2 Å².